The highest BCUT2D eigenvalue weighted by atomic mass is 35.5. The Kier molecular flexibility index (Phi) is 7.98. The predicted molar refractivity (Wildman–Crippen MR) is 141 cm³/mol. The molecule has 5 heteroatoms. The van der Waals surface area contributed by atoms with E-state index >= 15 is 0 Å². The second kappa shape index (κ2) is 10.7. The van der Waals surface area contributed by atoms with Gasteiger partial charge >= 0.3 is 5.97 Å². The first-order valence-corrected chi connectivity index (χ1v) is 11.1. The van der Waals surface area contributed by atoms with Crippen LogP contribution in [0.3, 0.4) is 0 Å². The van der Waals surface area contributed by atoms with E-state index in [0.29, 0.717) is 5.56 Å². The Bertz CT molecular complexity index is 1320. The van der Waals surface area contributed by atoms with Crippen molar-refractivity contribution in [2.75, 3.05) is 7.11 Å². The van der Waals surface area contributed by atoms with Crippen LogP contribution in [0.5, 0.6) is 5.75 Å². The minimum absolute atomic E-state index is 0. The number of methoxy groups -OCH3 is 1. The van der Waals surface area contributed by atoms with Gasteiger partial charge in [0.1, 0.15) is 5.75 Å². The van der Waals surface area contributed by atoms with Crippen molar-refractivity contribution in [3.8, 4) is 16.9 Å². The van der Waals surface area contributed by atoms with E-state index in [-0.39, 0.29) is 24.5 Å². The second-order valence-corrected chi connectivity index (χ2v) is 8.46. The van der Waals surface area contributed by atoms with Gasteiger partial charge in [0.15, 0.2) is 0 Å². The van der Waals surface area contributed by atoms with Crippen LogP contribution in [-0.2, 0) is 0 Å². The summed E-state index contributed by atoms with van der Waals surface area (Å²) in [6.45, 7) is 6.19. The first-order chi connectivity index (χ1) is 15.9. The normalized spacial score (nSPS) is 12.6. The lowest BCUT2D eigenvalue weighted by Gasteiger charge is -2.23. The van der Waals surface area contributed by atoms with Crippen LogP contribution in [0.4, 0.5) is 0 Å². The molecular weight excluding hydrogens is 446 g/mol. The van der Waals surface area contributed by atoms with Gasteiger partial charge in [-0.1, -0.05) is 48.5 Å². The number of carboxylic acids is 1. The molecule has 0 radical (unpaired) electrons. The van der Waals surface area contributed by atoms with E-state index in [0.717, 1.165) is 44.3 Å². The van der Waals surface area contributed by atoms with Gasteiger partial charge in [-0.2, -0.15) is 0 Å². The van der Waals surface area contributed by atoms with Crippen molar-refractivity contribution < 1.29 is 14.6 Å². The van der Waals surface area contributed by atoms with E-state index in [1.54, 1.807) is 13.2 Å². The van der Waals surface area contributed by atoms with Gasteiger partial charge in [0.2, 0.25) is 0 Å². The van der Waals surface area contributed by atoms with Crippen LogP contribution in [0.15, 0.2) is 78.9 Å². The summed E-state index contributed by atoms with van der Waals surface area (Å²) in [5.74, 6) is -0.0625. The van der Waals surface area contributed by atoms with Crippen LogP contribution in [0.2, 0.25) is 0 Å². The summed E-state index contributed by atoms with van der Waals surface area (Å²) in [6, 6.07) is 26.5. The van der Waals surface area contributed by atoms with Gasteiger partial charge in [0.25, 0.3) is 0 Å². The minimum atomic E-state index is -0.906. The quantitative estimate of drug-likeness (QED) is 0.293. The zero-order valence-electron chi connectivity index (χ0n) is 19.8. The van der Waals surface area contributed by atoms with Gasteiger partial charge in [0.05, 0.1) is 12.7 Å². The van der Waals surface area contributed by atoms with Gasteiger partial charge < -0.3 is 15.2 Å². The molecule has 4 aromatic carbocycles. The molecule has 176 valence electrons. The average molecular weight is 476 g/mol. The van der Waals surface area contributed by atoms with Crippen molar-refractivity contribution in [1.29, 1.82) is 0 Å². The van der Waals surface area contributed by atoms with Crippen molar-refractivity contribution in [3.05, 3.63) is 101 Å². The first-order valence-electron chi connectivity index (χ1n) is 11.1. The summed E-state index contributed by atoms with van der Waals surface area (Å²) in [5, 5.41) is 15.6. The van der Waals surface area contributed by atoms with Crippen LogP contribution in [0.25, 0.3) is 21.9 Å². The molecule has 0 aliphatic carbocycles. The van der Waals surface area contributed by atoms with Crippen LogP contribution >= 0.6 is 12.4 Å². The molecule has 4 aromatic rings. The maximum atomic E-state index is 11.7. The molecule has 0 spiro atoms. The maximum absolute atomic E-state index is 11.7. The highest BCUT2D eigenvalue weighted by molar-refractivity contribution is 6.00. The second-order valence-electron chi connectivity index (χ2n) is 8.46. The lowest BCUT2D eigenvalue weighted by molar-refractivity contribution is 0.0696. The molecule has 0 saturated heterocycles. The number of ether oxygens (including phenoxy) is 1. The number of aromatic carboxylic acids is 1. The number of fused-ring (bicyclic) bond motifs is 1. The van der Waals surface area contributed by atoms with E-state index in [1.165, 1.54) is 0 Å². The zero-order chi connectivity index (χ0) is 23.5. The summed E-state index contributed by atoms with van der Waals surface area (Å²) in [7, 11) is 1.68. The highest BCUT2D eigenvalue weighted by Crippen LogP contribution is 2.35. The lowest BCUT2D eigenvalue weighted by Crippen LogP contribution is -2.22. The van der Waals surface area contributed by atoms with Gasteiger partial charge in [-0.25, -0.2) is 4.79 Å². The Morgan fingerprint density at radius 3 is 2.29 bits per heavy atom. The van der Waals surface area contributed by atoms with Crippen molar-refractivity contribution in [3.63, 3.8) is 0 Å². The molecule has 0 aliphatic rings. The van der Waals surface area contributed by atoms with Crippen LogP contribution in [0, 0.1) is 6.92 Å². The van der Waals surface area contributed by atoms with Crippen LogP contribution in [-0.4, -0.2) is 18.2 Å². The fourth-order valence-corrected chi connectivity index (χ4v) is 4.44. The third kappa shape index (κ3) is 5.09. The molecule has 4 nitrogen and oxygen atoms in total. The van der Waals surface area contributed by atoms with E-state index in [2.05, 4.69) is 55.6 Å². The molecule has 2 atom stereocenters. The Balaban J connectivity index is 0.00000324. The zero-order valence-corrected chi connectivity index (χ0v) is 20.6. The molecule has 1 unspecified atom stereocenters. The summed E-state index contributed by atoms with van der Waals surface area (Å²) < 4.78 is 5.38. The number of carboxylic acid groups (broad SMARTS) is 1. The topological polar surface area (TPSA) is 58.6 Å². The lowest BCUT2D eigenvalue weighted by atomic mass is 9.89. The van der Waals surface area contributed by atoms with Crippen LogP contribution in [0.1, 0.15) is 53.0 Å². The molecule has 4 rings (SSSR count). The number of rotatable bonds is 7. The average Bonchev–Trinajstić information content (AvgIpc) is 2.83. The number of benzene rings is 4. The van der Waals surface area contributed by atoms with Crippen molar-refractivity contribution in [2.24, 2.45) is 0 Å². The number of nitrogens with one attached hydrogen (secondary N) is 1. The highest BCUT2D eigenvalue weighted by Gasteiger charge is 2.17. The van der Waals surface area contributed by atoms with E-state index < -0.39 is 5.97 Å². The Morgan fingerprint density at radius 2 is 1.56 bits per heavy atom. The van der Waals surface area contributed by atoms with E-state index in [4.69, 9.17) is 4.74 Å². The summed E-state index contributed by atoms with van der Waals surface area (Å²) in [5.41, 5.74) is 5.41. The molecule has 0 saturated carbocycles. The molecule has 0 bridgehead atoms. The fraction of sp³-hybridized carbons (Fsp3) is 0.207. The predicted octanol–water partition coefficient (Wildman–Crippen LogP) is 7.36. The Hall–Kier alpha value is -3.34. The summed E-state index contributed by atoms with van der Waals surface area (Å²) in [6.07, 6.45) is 0. The minimum Gasteiger partial charge on any atom is -0.497 e. The Labute approximate surface area is 207 Å². The third-order valence-corrected chi connectivity index (χ3v) is 6.33. The smallest absolute Gasteiger partial charge is 0.335 e. The van der Waals surface area contributed by atoms with Crippen molar-refractivity contribution in [1.82, 2.24) is 5.32 Å². The molecule has 2 N–H and O–H groups in total. The monoisotopic (exact) mass is 475 g/mol. The molecule has 34 heavy (non-hydrogen) atoms. The molecule has 0 aliphatic heterocycles. The summed E-state index contributed by atoms with van der Waals surface area (Å²) in [4.78, 5) is 11.7. The van der Waals surface area contributed by atoms with E-state index in [1.807, 2.05) is 43.3 Å². The molecule has 0 fully saturated rings. The maximum Gasteiger partial charge on any atom is 0.335 e. The molecule has 0 heterocycles. The van der Waals surface area contributed by atoms with E-state index in [9.17, 15) is 9.90 Å². The molecule has 0 amide bonds. The number of hydrogen-bond acceptors (Lipinski definition) is 3. The number of carbonyl (C=O) groups is 1. The van der Waals surface area contributed by atoms with Crippen molar-refractivity contribution >= 4 is 29.1 Å². The fourth-order valence-electron chi connectivity index (χ4n) is 4.44. The first kappa shape index (κ1) is 25.3. The molecular formula is C29H30ClNO3. The Morgan fingerprint density at radius 1 is 0.853 bits per heavy atom. The van der Waals surface area contributed by atoms with Gasteiger partial charge in [-0.15, -0.1) is 12.4 Å². The standard InChI is InChI=1S/C29H29NO3.ClH/c1-18-25(13-8-14-26(18)29(31)32)28-17-23(15-22-9-5-6-12-27(22)28)20(3)30-19(2)21-10-7-11-24(16-21)33-4;/h5-17,19-20,30H,1-4H3,(H,31,32);1H/t19-,20?;/m1./s1. The van der Waals surface area contributed by atoms with Gasteiger partial charge in [-0.3, -0.25) is 0 Å². The largest absolute Gasteiger partial charge is 0.497 e. The number of hydrogen-bond donors (Lipinski definition) is 2. The van der Waals surface area contributed by atoms with Gasteiger partial charge in [-0.05, 0) is 89.7 Å². The van der Waals surface area contributed by atoms with Crippen LogP contribution < -0.4 is 10.1 Å². The third-order valence-electron chi connectivity index (χ3n) is 6.33. The van der Waals surface area contributed by atoms with Gasteiger partial charge in [0, 0.05) is 12.1 Å². The molecule has 0 aromatic heterocycles. The SMILES string of the molecule is COc1cccc([C@@H](C)NC(C)c2cc(-c3cccc(C(=O)O)c3C)c3ccccc3c2)c1.Cl. The number of halogens is 1. The van der Waals surface area contributed by atoms with Crippen molar-refractivity contribution in [2.45, 2.75) is 32.9 Å². The summed E-state index contributed by atoms with van der Waals surface area (Å²) >= 11 is 0.